The molecule has 0 saturated carbocycles. The van der Waals surface area contributed by atoms with Crippen molar-refractivity contribution in [2.45, 2.75) is 6.42 Å². The smallest absolute Gasteiger partial charge is 0.191 e. The van der Waals surface area contributed by atoms with Crippen LogP contribution < -0.4 is 0 Å². The van der Waals surface area contributed by atoms with Crippen molar-refractivity contribution in [2.24, 2.45) is 0 Å². The van der Waals surface area contributed by atoms with Crippen LogP contribution in [0, 0.1) is 0 Å². The Morgan fingerprint density at radius 2 is 2.38 bits per heavy atom. The minimum Gasteiger partial charge on any atom is -0.304 e. The van der Waals surface area contributed by atoms with E-state index >= 15 is 0 Å². The zero-order valence-electron chi connectivity index (χ0n) is 6.84. The van der Waals surface area contributed by atoms with E-state index in [-0.39, 0.29) is 5.12 Å². The molecule has 0 spiro atoms. The van der Waals surface area contributed by atoms with Crippen LogP contribution in [0.15, 0.2) is 30.6 Å². The zero-order chi connectivity index (χ0) is 9.26. The molecule has 0 radical (unpaired) electrons. The number of thiol groups is 1. The van der Waals surface area contributed by atoms with Gasteiger partial charge < -0.3 is 4.40 Å². The first-order chi connectivity index (χ1) is 6.27. The second-order valence-corrected chi connectivity index (χ2v) is 3.24. The molecule has 0 saturated heterocycles. The van der Waals surface area contributed by atoms with Gasteiger partial charge in [-0.15, -0.1) is 12.6 Å². The van der Waals surface area contributed by atoms with E-state index in [2.05, 4.69) is 17.6 Å². The third-order valence-corrected chi connectivity index (χ3v) is 2.00. The molecule has 2 aromatic rings. The first kappa shape index (κ1) is 8.31. The van der Waals surface area contributed by atoms with Gasteiger partial charge in [-0.25, -0.2) is 4.98 Å². The Morgan fingerprint density at radius 1 is 1.54 bits per heavy atom. The van der Waals surface area contributed by atoms with E-state index in [4.69, 9.17) is 0 Å². The Balaban J connectivity index is 2.54. The van der Waals surface area contributed by atoms with Gasteiger partial charge in [-0.2, -0.15) is 0 Å². The molecule has 2 aromatic heterocycles. The van der Waals surface area contributed by atoms with Gasteiger partial charge >= 0.3 is 0 Å². The molecule has 3 nitrogen and oxygen atoms in total. The minimum atomic E-state index is -0.138. The molecule has 66 valence electrons. The lowest BCUT2D eigenvalue weighted by molar-refractivity contribution is -0.110. The van der Waals surface area contributed by atoms with Crippen molar-refractivity contribution < 1.29 is 4.79 Å². The van der Waals surface area contributed by atoms with Crippen molar-refractivity contribution in [3.8, 4) is 0 Å². The molecule has 0 N–H and O–H groups in total. The van der Waals surface area contributed by atoms with Crippen molar-refractivity contribution in [2.75, 3.05) is 0 Å². The van der Waals surface area contributed by atoms with Gasteiger partial charge in [-0.3, -0.25) is 4.79 Å². The largest absolute Gasteiger partial charge is 0.304 e. The highest BCUT2D eigenvalue weighted by Crippen LogP contribution is 2.07. The summed E-state index contributed by atoms with van der Waals surface area (Å²) in [5.74, 6) is 0. The quantitative estimate of drug-likeness (QED) is 0.728. The van der Waals surface area contributed by atoms with E-state index < -0.39 is 0 Å². The first-order valence-corrected chi connectivity index (χ1v) is 4.35. The van der Waals surface area contributed by atoms with Crippen LogP contribution in [0.5, 0.6) is 0 Å². The Kier molecular flexibility index (Phi) is 2.06. The maximum absolute atomic E-state index is 10.8. The lowest BCUT2D eigenvalue weighted by Crippen LogP contribution is -2.00. The predicted molar refractivity (Wildman–Crippen MR) is 52.9 cm³/mol. The Labute approximate surface area is 80.8 Å². The molecule has 0 fully saturated rings. The molecule has 0 aromatic carbocycles. The van der Waals surface area contributed by atoms with Crippen molar-refractivity contribution >= 4 is 23.4 Å². The van der Waals surface area contributed by atoms with Gasteiger partial charge in [-0.05, 0) is 12.1 Å². The van der Waals surface area contributed by atoms with Crippen molar-refractivity contribution in [3.05, 3.63) is 36.3 Å². The molecule has 0 atom stereocenters. The molecule has 0 bridgehead atoms. The summed E-state index contributed by atoms with van der Waals surface area (Å²) in [4.78, 5) is 14.9. The summed E-state index contributed by atoms with van der Waals surface area (Å²) >= 11 is 3.74. The van der Waals surface area contributed by atoms with Gasteiger partial charge in [0.1, 0.15) is 5.65 Å². The summed E-state index contributed by atoms with van der Waals surface area (Å²) in [6.07, 6.45) is 3.88. The maximum atomic E-state index is 10.8. The van der Waals surface area contributed by atoms with Gasteiger partial charge in [0.2, 0.25) is 0 Å². The number of rotatable bonds is 2. The molecule has 0 unspecified atom stereocenters. The van der Waals surface area contributed by atoms with Crippen LogP contribution in [-0.4, -0.2) is 14.5 Å². The van der Waals surface area contributed by atoms with Crippen LogP contribution in [0.4, 0.5) is 0 Å². The average Bonchev–Trinajstić information content (AvgIpc) is 2.51. The predicted octanol–water partition coefficient (Wildman–Crippen LogP) is 1.33. The Bertz CT molecular complexity index is 450. The number of aromatic nitrogens is 2. The van der Waals surface area contributed by atoms with Crippen molar-refractivity contribution in [1.29, 1.82) is 0 Å². The van der Waals surface area contributed by atoms with Crippen molar-refractivity contribution in [3.63, 3.8) is 0 Å². The SMILES string of the molecule is O=C(S)Cc1cccc2nccn12. The molecule has 13 heavy (non-hydrogen) atoms. The van der Waals surface area contributed by atoms with Gasteiger partial charge in [0.25, 0.3) is 0 Å². The van der Waals surface area contributed by atoms with E-state index in [9.17, 15) is 4.79 Å². The number of hydrogen-bond acceptors (Lipinski definition) is 2. The number of fused-ring (bicyclic) bond motifs is 1. The van der Waals surface area contributed by atoms with Crippen LogP contribution in [0.1, 0.15) is 5.69 Å². The molecule has 0 aliphatic heterocycles. The van der Waals surface area contributed by atoms with E-state index in [0.29, 0.717) is 6.42 Å². The highest BCUT2D eigenvalue weighted by atomic mass is 32.1. The highest BCUT2D eigenvalue weighted by molar-refractivity contribution is 7.96. The number of carbonyl (C=O) groups is 1. The normalized spacial score (nSPS) is 10.5. The number of hydrogen-bond donors (Lipinski definition) is 1. The molecule has 0 aliphatic carbocycles. The van der Waals surface area contributed by atoms with E-state index in [1.807, 2.05) is 28.8 Å². The fourth-order valence-electron chi connectivity index (χ4n) is 1.31. The molecule has 0 amide bonds. The third-order valence-electron chi connectivity index (χ3n) is 1.85. The fraction of sp³-hybridized carbons (Fsp3) is 0.111. The number of carbonyl (C=O) groups excluding carboxylic acids is 1. The van der Waals surface area contributed by atoms with Crippen LogP contribution >= 0.6 is 12.6 Å². The first-order valence-electron chi connectivity index (χ1n) is 3.90. The van der Waals surface area contributed by atoms with E-state index in [1.54, 1.807) is 6.20 Å². The molecule has 0 aliphatic rings. The average molecular weight is 192 g/mol. The van der Waals surface area contributed by atoms with Gasteiger partial charge in [0, 0.05) is 18.1 Å². The summed E-state index contributed by atoms with van der Waals surface area (Å²) in [5.41, 5.74) is 1.77. The van der Waals surface area contributed by atoms with Gasteiger partial charge in [0.05, 0.1) is 6.42 Å². The second-order valence-electron chi connectivity index (χ2n) is 2.74. The number of imidazole rings is 1. The molecule has 2 heterocycles. The van der Waals surface area contributed by atoms with Gasteiger partial charge in [0.15, 0.2) is 5.12 Å². The Morgan fingerprint density at radius 3 is 3.15 bits per heavy atom. The molecule has 4 heteroatoms. The standard InChI is InChI=1S/C9H8N2OS/c12-9(13)6-7-2-1-3-8-10-4-5-11(7)8/h1-5H,6H2,(H,12,13). The lowest BCUT2D eigenvalue weighted by atomic mass is 10.3. The van der Waals surface area contributed by atoms with Crippen LogP contribution in [0.2, 0.25) is 0 Å². The minimum absolute atomic E-state index is 0.138. The van der Waals surface area contributed by atoms with Crippen molar-refractivity contribution in [1.82, 2.24) is 9.38 Å². The van der Waals surface area contributed by atoms with E-state index in [1.165, 1.54) is 0 Å². The Hall–Kier alpha value is -1.29. The number of pyridine rings is 1. The molecule has 2 rings (SSSR count). The number of nitrogens with zero attached hydrogens (tertiary/aromatic N) is 2. The zero-order valence-corrected chi connectivity index (χ0v) is 7.74. The maximum Gasteiger partial charge on any atom is 0.191 e. The van der Waals surface area contributed by atoms with Crippen LogP contribution in [-0.2, 0) is 11.2 Å². The summed E-state index contributed by atoms with van der Waals surface area (Å²) in [5, 5.41) is -0.138. The van der Waals surface area contributed by atoms with Crippen LogP contribution in [0.25, 0.3) is 5.65 Å². The lowest BCUT2D eigenvalue weighted by Gasteiger charge is -2.01. The summed E-state index contributed by atoms with van der Waals surface area (Å²) in [7, 11) is 0. The third kappa shape index (κ3) is 1.58. The molecular weight excluding hydrogens is 184 g/mol. The monoisotopic (exact) mass is 192 g/mol. The topological polar surface area (TPSA) is 34.4 Å². The summed E-state index contributed by atoms with van der Waals surface area (Å²) < 4.78 is 1.88. The second kappa shape index (κ2) is 3.22. The van der Waals surface area contributed by atoms with Crippen LogP contribution in [0.3, 0.4) is 0 Å². The summed E-state index contributed by atoms with van der Waals surface area (Å²) in [6.45, 7) is 0. The summed E-state index contributed by atoms with van der Waals surface area (Å²) in [6, 6.07) is 5.67. The fourth-order valence-corrected chi connectivity index (χ4v) is 1.47. The van der Waals surface area contributed by atoms with E-state index in [0.717, 1.165) is 11.3 Å². The van der Waals surface area contributed by atoms with Gasteiger partial charge in [-0.1, -0.05) is 6.07 Å². The highest BCUT2D eigenvalue weighted by Gasteiger charge is 2.02. The molecular formula is C9H8N2OS.